The molecule has 8 heteroatoms. The van der Waals surface area contributed by atoms with Crippen LogP contribution in [0.15, 0.2) is 18.2 Å². The normalized spacial score (nSPS) is 15.5. The summed E-state index contributed by atoms with van der Waals surface area (Å²) in [4.78, 5) is 0. The molecule has 0 bridgehead atoms. The van der Waals surface area contributed by atoms with Crippen molar-refractivity contribution in [1.29, 1.82) is 0 Å². The lowest BCUT2D eigenvalue weighted by molar-refractivity contribution is 0.136. The van der Waals surface area contributed by atoms with Gasteiger partial charge in [-0.25, -0.2) is 8.78 Å². The fourth-order valence-electron chi connectivity index (χ4n) is 1.45. The molecule has 0 aromatic heterocycles. The number of hydrogen-bond acceptors (Lipinski definition) is 3. The first kappa shape index (κ1) is 16.0. The van der Waals surface area contributed by atoms with Crippen LogP contribution in [0.4, 0.5) is 8.78 Å². The van der Waals surface area contributed by atoms with Crippen LogP contribution in [0.25, 0.3) is 0 Å². The molecule has 19 heavy (non-hydrogen) atoms. The van der Waals surface area contributed by atoms with Crippen LogP contribution in [0.3, 0.4) is 0 Å². The molecule has 0 saturated carbocycles. The van der Waals surface area contributed by atoms with Gasteiger partial charge in [0.1, 0.15) is 17.7 Å². The van der Waals surface area contributed by atoms with E-state index in [0.29, 0.717) is 0 Å². The maximum absolute atomic E-state index is 13.5. The molecule has 1 aromatic carbocycles. The first-order valence-electron chi connectivity index (χ1n) is 5.48. The Morgan fingerprint density at radius 3 is 2.16 bits per heavy atom. The standard InChI is InChI=1S/C11H16F2N2O3S/c1-7(14-19(17,18)15(2)3)11(16)10-8(12)5-4-6-9(10)13/h4-7,11,14,16H,1-3H3/t7-,11-/m0/s1. The Morgan fingerprint density at radius 1 is 1.26 bits per heavy atom. The van der Waals surface area contributed by atoms with Crippen molar-refractivity contribution in [3.63, 3.8) is 0 Å². The number of rotatable bonds is 5. The van der Waals surface area contributed by atoms with Gasteiger partial charge in [0, 0.05) is 14.1 Å². The highest BCUT2D eigenvalue weighted by atomic mass is 32.2. The molecule has 1 rings (SSSR count). The Balaban J connectivity index is 2.98. The predicted octanol–water partition coefficient (Wildman–Crippen LogP) is 0.783. The summed E-state index contributed by atoms with van der Waals surface area (Å²) in [5, 5.41) is 9.87. The van der Waals surface area contributed by atoms with Crippen molar-refractivity contribution < 1.29 is 22.3 Å². The molecule has 108 valence electrons. The Bertz CT molecular complexity index is 529. The summed E-state index contributed by atoms with van der Waals surface area (Å²) in [6, 6.07) is 2.07. The molecule has 2 atom stereocenters. The van der Waals surface area contributed by atoms with E-state index in [1.54, 1.807) is 0 Å². The number of benzene rings is 1. The van der Waals surface area contributed by atoms with Crippen molar-refractivity contribution in [3.05, 3.63) is 35.4 Å². The molecular formula is C11H16F2N2O3S. The summed E-state index contributed by atoms with van der Waals surface area (Å²) in [5.41, 5.74) is -0.559. The van der Waals surface area contributed by atoms with Gasteiger partial charge in [-0.2, -0.15) is 17.4 Å². The lowest BCUT2D eigenvalue weighted by Gasteiger charge is -2.23. The number of hydrogen-bond donors (Lipinski definition) is 2. The third kappa shape index (κ3) is 3.69. The van der Waals surface area contributed by atoms with Gasteiger partial charge in [0.2, 0.25) is 0 Å². The van der Waals surface area contributed by atoms with Crippen LogP contribution < -0.4 is 4.72 Å². The number of aliphatic hydroxyl groups excluding tert-OH is 1. The summed E-state index contributed by atoms with van der Waals surface area (Å²) < 4.78 is 53.1. The largest absolute Gasteiger partial charge is 0.387 e. The second-order valence-electron chi connectivity index (χ2n) is 4.27. The monoisotopic (exact) mass is 294 g/mol. The van der Waals surface area contributed by atoms with E-state index in [-0.39, 0.29) is 0 Å². The molecule has 2 N–H and O–H groups in total. The molecule has 0 spiro atoms. The van der Waals surface area contributed by atoms with Gasteiger partial charge in [0.15, 0.2) is 0 Å². The quantitative estimate of drug-likeness (QED) is 0.843. The second-order valence-corrected chi connectivity index (χ2v) is 6.19. The Kier molecular flexibility index (Phi) is 4.97. The maximum Gasteiger partial charge on any atom is 0.279 e. The lowest BCUT2D eigenvalue weighted by atomic mass is 10.0. The van der Waals surface area contributed by atoms with E-state index >= 15 is 0 Å². The van der Waals surface area contributed by atoms with Crippen LogP contribution in [-0.2, 0) is 10.2 Å². The zero-order valence-corrected chi connectivity index (χ0v) is 11.6. The molecule has 0 amide bonds. The maximum atomic E-state index is 13.5. The number of aliphatic hydroxyl groups is 1. The molecule has 5 nitrogen and oxygen atoms in total. The minimum absolute atomic E-state index is 0.559. The number of nitrogens with one attached hydrogen (secondary N) is 1. The topological polar surface area (TPSA) is 69.6 Å². The van der Waals surface area contributed by atoms with Crippen molar-refractivity contribution >= 4 is 10.2 Å². The fraction of sp³-hybridized carbons (Fsp3) is 0.455. The van der Waals surface area contributed by atoms with Gasteiger partial charge < -0.3 is 5.11 Å². The van der Waals surface area contributed by atoms with E-state index in [4.69, 9.17) is 0 Å². The van der Waals surface area contributed by atoms with Crippen LogP contribution in [0, 0.1) is 11.6 Å². The van der Waals surface area contributed by atoms with Crippen molar-refractivity contribution in [3.8, 4) is 0 Å². The highest BCUT2D eigenvalue weighted by Gasteiger charge is 2.27. The molecule has 0 aliphatic rings. The molecular weight excluding hydrogens is 278 g/mol. The summed E-state index contributed by atoms with van der Waals surface area (Å²) in [7, 11) is -1.20. The molecule has 0 radical (unpaired) electrons. The van der Waals surface area contributed by atoms with Crippen LogP contribution in [0.2, 0.25) is 0 Å². The van der Waals surface area contributed by atoms with Crippen molar-refractivity contribution in [1.82, 2.24) is 9.03 Å². The van der Waals surface area contributed by atoms with Crippen LogP contribution >= 0.6 is 0 Å². The first-order valence-corrected chi connectivity index (χ1v) is 6.92. The van der Waals surface area contributed by atoms with Gasteiger partial charge >= 0.3 is 0 Å². The Labute approximate surface area is 111 Å². The highest BCUT2D eigenvalue weighted by molar-refractivity contribution is 7.87. The van der Waals surface area contributed by atoms with Crippen LogP contribution in [-0.4, -0.2) is 38.0 Å². The molecule has 0 unspecified atom stereocenters. The van der Waals surface area contributed by atoms with Crippen LogP contribution in [0.5, 0.6) is 0 Å². The predicted molar refractivity (Wildman–Crippen MR) is 66.5 cm³/mol. The zero-order chi connectivity index (χ0) is 14.8. The molecule has 0 aliphatic carbocycles. The molecule has 0 fully saturated rings. The minimum Gasteiger partial charge on any atom is -0.387 e. The smallest absolute Gasteiger partial charge is 0.279 e. The van der Waals surface area contributed by atoms with Gasteiger partial charge in [-0.1, -0.05) is 6.07 Å². The van der Waals surface area contributed by atoms with Crippen molar-refractivity contribution in [2.45, 2.75) is 19.1 Å². The number of nitrogens with zero attached hydrogens (tertiary/aromatic N) is 1. The Hall–Kier alpha value is -1.09. The van der Waals surface area contributed by atoms with E-state index in [0.717, 1.165) is 22.5 Å². The average Bonchev–Trinajstić information content (AvgIpc) is 2.27. The summed E-state index contributed by atoms with van der Waals surface area (Å²) in [6.07, 6.45) is -1.63. The van der Waals surface area contributed by atoms with Gasteiger partial charge in [-0.3, -0.25) is 0 Å². The lowest BCUT2D eigenvalue weighted by Crippen LogP contribution is -2.43. The van der Waals surface area contributed by atoms with Crippen LogP contribution in [0.1, 0.15) is 18.6 Å². The van der Waals surface area contributed by atoms with E-state index in [1.165, 1.54) is 21.0 Å². The molecule has 0 heterocycles. The van der Waals surface area contributed by atoms with Crippen molar-refractivity contribution in [2.24, 2.45) is 0 Å². The highest BCUT2D eigenvalue weighted by Crippen LogP contribution is 2.23. The molecule has 1 aromatic rings. The zero-order valence-electron chi connectivity index (χ0n) is 10.8. The Morgan fingerprint density at radius 2 is 1.74 bits per heavy atom. The minimum atomic E-state index is -3.80. The van der Waals surface area contributed by atoms with Gasteiger partial charge in [-0.05, 0) is 19.1 Å². The average molecular weight is 294 g/mol. The second kappa shape index (κ2) is 5.91. The summed E-state index contributed by atoms with van der Waals surface area (Å²) >= 11 is 0. The third-order valence-electron chi connectivity index (χ3n) is 2.58. The first-order chi connectivity index (χ1) is 8.66. The van der Waals surface area contributed by atoms with Gasteiger partial charge in [0.05, 0.1) is 11.6 Å². The van der Waals surface area contributed by atoms with Crippen molar-refractivity contribution in [2.75, 3.05) is 14.1 Å². The molecule has 0 saturated heterocycles. The van der Waals surface area contributed by atoms with E-state index in [9.17, 15) is 22.3 Å². The fourth-order valence-corrected chi connectivity index (χ4v) is 2.26. The van der Waals surface area contributed by atoms with E-state index < -0.39 is 39.6 Å². The van der Waals surface area contributed by atoms with E-state index in [2.05, 4.69) is 4.72 Å². The third-order valence-corrected chi connectivity index (χ3v) is 4.22. The van der Waals surface area contributed by atoms with Gasteiger partial charge in [0.25, 0.3) is 10.2 Å². The summed E-state index contributed by atoms with van der Waals surface area (Å²) in [5.74, 6) is -1.85. The van der Waals surface area contributed by atoms with Gasteiger partial charge in [-0.15, -0.1) is 0 Å². The summed E-state index contributed by atoms with van der Waals surface area (Å²) in [6.45, 7) is 1.32. The SMILES string of the molecule is C[C@H](NS(=O)(=O)N(C)C)[C@H](O)c1c(F)cccc1F. The molecule has 0 aliphatic heterocycles. The van der Waals surface area contributed by atoms with E-state index in [1.807, 2.05) is 0 Å². The number of halogens is 2.